The van der Waals surface area contributed by atoms with E-state index in [0.717, 1.165) is 49.1 Å². The zero-order valence-corrected chi connectivity index (χ0v) is 12.4. The summed E-state index contributed by atoms with van der Waals surface area (Å²) in [5.41, 5.74) is 0.742. The van der Waals surface area contributed by atoms with Crippen LogP contribution in [0.3, 0.4) is 0 Å². The van der Waals surface area contributed by atoms with Crippen LogP contribution < -0.4 is 5.32 Å². The van der Waals surface area contributed by atoms with Crippen LogP contribution in [0.5, 0.6) is 0 Å². The van der Waals surface area contributed by atoms with Crippen molar-refractivity contribution in [2.45, 2.75) is 44.8 Å². The summed E-state index contributed by atoms with van der Waals surface area (Å²) in [6, 6.07) is 6.75. The lowest BCUT2D eigenvalue weighted by molar-refractivity contribution is 0.0989. The van der Waals surface area contributed by atoms with Gasteiger partial charge < -0.3 is 14.5 Å². The average Bonchev–Trinajstić information content (AvgIpc) is 3.11. The van der Waals surface area contributed by atoms with Gasteiger partial charge in [0.25, 0.3) is 0 Å². The van der Waals surface area contributed by atoms with Gasteiger partial charge >= 0.3 is 0 Å². The first kappa shape index (κ1) is 14.5. The molecule has 0 bridgehead atoms. The van der Waals surface area contributed by atoms with E-state index in [0.29, 0.717) is 6.10 Å². The SMILES string of the molecule is CCNC(CCC1CCCO1)c1cc2cc(F)ccc2o1. The largest absolute Gasteiger partial charge is 0.459 e. The molecule has 2 heterocycles. The van der Waals surface area contributed by atoms with Crippen molar-refractivity contribution < 1.29 is 13.5 Å². The molecule has 2 aromatic rings. The first-order valence-corrected chi connectivity index (χ1v) is 7.80. The molecular formula is C17H22FNO2. The van der Waals surface area contributed by atoms with E-state index >= 15 is 0 Å². The number of hydrogen-bond acceptors (Lipinski definition) is 3. The van der Waals surface area contributed by atoms with E-state index in [1.54, 1.807) is 6.07 Å². The lowest BCUT2D eigenvalue weighted by Crippen LogP contribution is -2.22. The van der Waals surface area contributed by atoms with Gasteiger partial charge in [-0.15, -0.1) is 0 Å². The van der Waals surface area contributed by atoms with Crippen molar-refractivity contribution in [1.29, 1.82) is 0 Å². The van der Waals surface area contributed by atoms with Crippen LogP contribution in [0.25, 0.3) is 11.0 Å². The molecule has 1 aromatic heterocycles. The quantitative estimate of drug-likeness (QED) is 0.867. The Morgan fingerprint density at radius 1 is 1.38 bits per heavy atom. The highest BCUT2D eigenvalue weighted by molar-refractivity contribution is 5.78. The van der Waals surface area contributed by atoms with Gasteiger partial charge in [-0.2, -0.15) is 0 Å². The Kier molecular flexibility index (Phi) is 4.56. The minimum absolute atomic E-state index is 0.162. The van der Waals surface area contributed by atoms with Crippen molar-refractivity contribution in [2.75, 3.05) is 13.2 Å². The van der Waals surface area contributed by atoms with Crippen molar-refractivity contribution in [1.82, 2.24) is 5.32 Å². The van der Waals surface area contributed by atoms with Crippen LogP contribution in [0.15, 0.2) is 28.7 Å². The van der Waals surface area contributed by atoms with Crippen LogP contribution in [0, 0.1) is 5.82 Å². The van der Waals surface area contributed by atoms with Gasteiger partial charge in [0.15, 0.2) is 0 Å². The summed E-state index contributed by atoms with van der Waals surface area (Å²) in [6.45, 7) is 3.85. The predicted octanol–water partition coefficient (Wildman–Crippen LogP) is 4.18. The molecule has 1 aliphatic rings. The maximum atomic E-state index is 13.3. The third-order valence-corrected chi connectivity index (χ3v) is 4.09. The van der Waals surface area contributed by atoms with Crippen molar-refractivity contribution in [3.8, 4) is 0 Å². The fraction of sp³-hybridized carbons (Fsp3) is 0.529. The van der Waals surface area contributed by atoms with Crippen molar-refractivity contribution >= 4 is 11.0 Å². The minimum Gasteiger partial charge on any atom is -0.459 e. The molecule has 0 aliphatic carbocycles. The molecule has 0 radical (unpaired) electrons. The number of ether oxygens (including phenoxy) is 1. The number of nitrogens with one attached hydrogen (secondary N) is 1. The van der Waals surface area contributed by atoms with Gasteiger partial charge in [-0.1, -0.05) is 6.92 Å². The van der Waals surface area contributed by atoms with E-state index in [9.17, 15) is 4.39 Å². The Labute approximate surface area is 124 Å². The highest BCUT2D eigenvalue weighted by atomic mass is 19.1. The second-order valence-corrected chi connectivity index (χ2v) is 5.65. The Bertz CT molecular complexity index is 589. The van der Waals surface area contributed by atoms with Crippen LogP contribution in [0.2, 0.25) is 0 Å². The normalized spacial score (nSPS) is 20.2. The monoisotopic (exact) mass is 291 g/mol. The highest BCUT2D eigenvalue weighted by Crippen LogP contribution is 2.29. The summed E-state index contributed by atoms with van der Waals surface area (Å²) >= 11 is 0. The molecule has 3 nitrogen and oxygen atoms in total. The zero-order chi connectivity index (χ0) is 14.7. The first-order chi connectivity index (χ1) is 10.3. The molecule has 1 saturated heterocycles. The summed E-state index contributed by atoms with van der Waals surface area (Å²) in [7, 11) is 0. The lowest BCUT2D eigenvalue weighted by Gasteiger charge is -2.17. The smallest absolute Gasteiger partial charge is 0.134 e. The highest BCUT2D eigenvalue weighted by Gasteiger charge is 2.20. The Morgan fingerprint density at radius 2 is 2.29 bits per heavy atom. The second-order valence-electron chi connectivity index (χ2n) is 5.65. The fourth-order valence-corrected chi connectivity index (χ4v) is 3.02. The average molecular weight is 291 g/mol. The van der Waals surface area contributed by atoms with E-state index in [2.05, 4.69) is 12.2 Å². The molecule has 2 atom stereocenters. The maximum Gasteiger partial charge on any atom is 0.134 e. The standard InChI is InChI=1S/C17H22FNO2/c1-2-19-15(7-6-14-4-3-9-20-14)17-11-12-10-13(18)5-8-16(12)21-17/h5,8,10-11,14-15,19H,2-4,6-7,9H2,1H3. The molecule has 4 heteroatoms. The zero-order valence-electron chi connectivity index (χ0n) is 12.4. The third-order valence-electron chi connectivity index (χ3n) is 4.09. The van der Waals surface area contributed by atoms with Gasteiger partial charge in [-0.3, -0.25) is 0 Å². The van der Waals surface area contributed by atoms with Crippen molar-refractivity contribution in [3.05, 3.63) is 35.8 Å². The number of furan rings is 1. The lowest BCUT2D eigenvalue weighted by atomic mass is 10.0. The minimum atomic E-state index is -0.228. The molecule has 114 valence electrons. The van der Waals surface area contributed by atoms with E-state index in [1.165, 1.54) is 18.6 Å². The molecular weight excluding hydrogens is 269 g/mol. The summed E-state index contributed by atoms with van der Waals surface area (Å²) in [4.78, 5) is 0. The first-order valence-electron chi connectivity index (χ1n) is 7.80. The van der Waals surface area contributed by atoms with Gasteiger partial charge in [0.1, 0.15) is 17.2 Å². The molecule has 3 rings (SSSR count). The number of benzene rings is 1. The Balaban J connectivity index is 1.74. The summed E-state index contributed by atoms with van der Waals surface area (Å²) in [6.07, 6.45) is 4.71. The van der Waals surface area contributed by atoms with Gasteiger partial charge in [0.2, 0.25) is 0 Å². The van der Waals surface area contributed by atoms with Gasteiger partial charge in [0, 0.05) is 12.0 Å². The van der Waals surface area contributed by atoms with E-state index in [1.807, 2.05) is 6.07 Å². The molecule has 0 spiro atoms. The molecule has 2 unspecified atom stereocenters. The fourth-order valence-electron chi connectivity index (χ4n) is 3.02. The summed E-state index contributed by atoms with van der Waals surface area (Å²) in [5.74, 6) is 0.657. The van der Waals surface area contributed by atoms with Crippen LogP contribution in [0.1, 0.15) is 44.4 Å². The number of fused-ring (bicyclic) bond motifs is 1. The predicted molar refractivity (Wildman–Crippen MR) is 80.8 cm³/mol. The van der Waals surface area contributed by atoms with Crippen LogP contribution in [-0.2, 0) is 4.74 Å². The molecule has 0 amide bonds. The van der Waals surface area contributed by atoms with Crippen LogP contribution in [-0.4, -0.2) is 19.3 Å². The van der Waals surface area contributed by atoms with Gasteiger partial charge in [0.05, 0.1) is 12.1 Å². The maximum absolute atomic E-state index is 13.3. The molecule has 1 fully saturated rings. The Hall–Kier alpha value is -1.39. The van der Waals surface area contributed by atoms with E-state index in [4.69, 9.17) is 9.15 Å². The molecule has 1 aliphatic heterocycles. The number of rotatable bonds is 6. The van der Waals surface area contributed by atoms with Crippen LogP contribution >= 0.6 is 0 Å². The van der Waals surface area contributed by atoms with Crippen molar-refractivity contribution in [2.24, 2.45) is 0 Å². The second kappa shape index (κ2) is 6.58. The molecule has 21 heavy (non-hydrogen) atoms. The van der Waals surface area contributed by atoms with Gasteiger partial charge in [-0.25, -0.2) is 4.39 Å². The summed E-state index contributed by atoms with van der Waals surface area (Å²) < 4.78 is 24.8. The number of halogens is 1. The molecule has 1 N–H and O–H groups in total. The van der Waals surface area contributed by atoms with E-state index < -0.39 is 0 Å². The molecule has 0 saturated carbocycles. The Morgan fingerprint density at radius 3 is 3.05 bits per heavy atom. The topological polar surface area (TPSA) is 34.4 Å². The summed E-state index contributed by atoms with van der Waals surface area (Å²) in [5, 5.41) is 4.28. The van der Waals surface area contributed by atoms with E-state index in [-0.39, 0.29) is 11.9 Å². The van der Waals surface area contributed by atoms with Crippen LogP contribution in [0.4, 0.5) is 4.39 Å². The van der Waals surface area contributed by atoms with Gasteiger partial charge in [-0.05, 0) is 56.5 Å². The number of hydrogen-bond donors (Lipinski definition) is 1. The third kappa shape index (κ3) is 3.44. The van der Waals surface area contributed by atoms with Crippen molar-refractivity contribution in [3.63, 3.8) is 0 Å². The molecule has 1 aromatic carbocycles.